The van der Waals surface area contributed by atoms with Gasteiger partial charge in [-0.05, 0) is 79.0 Å². The number of hydrogen-bond donors (Lipinski definition) is 0. The van der Waals surface area contributed by atoms with Crippen molar-refractivity contribution in [1.29, 1.82) is 0 Å². The molecule has 0 aliphatic carbocycles. The van der Waals surface area contributed by atoms with Crippen molar-refractivity contribution < 1.29 is 4.74 Å². The van der Waals surface area contributed by atoms with Crippen molar-refractivity contribution in [2.45, 2.75) is 38.9 Å². The average Bonchev–Trinajstić information content (AvgIpc) is 2.85. The zero-order valence-electron chi connectivity index (χ0n) is 20.3. The maximum atomic E-state index is 5.46. The van der Waals surface area contributed by atoms with Gasteiger partial charge in [0.15, 0.2) is 0 Å². The Balaban J connectivity index is 1.55. The van der Waals surface area contributed by atoms with Gasteiger partial charge >= 0.3 is 0 Å². The summed E-state index contributed by atoms with van der Waals surface area (Å²) in [6.07, 6.45) is 4.04. The van der Waals surface area contributed by atoms with Gasteiger partial charge in [-0.25, -0.2) is 0 Å². The van der Waals surface area contributed by atoms with Crippen LogP contribution in [0.25, 0.3) is 0 Å². The fourth-order valence-corrected chi connectivity index (χ4v) is 4.57. The number of benzene rings is 3. The first-order valence-corrected chi connectivity index (χ1v) is 12.1. The van der Waals surface area contributed by atoms with Crippen LogP contribution in [-0.2, 0) is 19.6 Å². The van der Waals surface area contributed by atoms with Gasteiger partial charge in [0.05, 0.1) is 7.11 Å². The van der Waals surface area contributed by atoms with Crippen LogP contribution in [0, 0.1) is 0 Å². The smallest absolute Gasteiger partial charge is 0.119 e. The lowest BCUT2D eigenvalue weighted by Gasteiger charge is -2.28. The Labute approximate surface area is 199 Å². The predicted octanol–water partition coefficient (Wildman–Crippen LogP) is 5.95. The molecule has 0 bridgehead atoms. The van der Waals surface area contributed by atoms with E-state index >= 15 is 0 Å². The Hall–Kier alpha value is -2.98. The molecule has 3 aromatic rings. The van der Waals surface area contributed by atoms with Gasteiger partial charge in [-0.3, -0.25) is 4.90 Å². The van der Waals surface area contributed by atoms with Crippen LogP contribution in [-0.4, -0.2) is 39.2 Å². The zero-order valence-corrected chi connectivity index (χ0v) is 20.3. The van der Waals surface area contributed by atoms with Crippen LogP contribution in [0.4, 0.5) is 11.4 Å². The minimum atomic E-state index is 0.828. The van der Waals surface area contributed by atoms with Crippen molar-refractivity contribution in [3.8, 4) is 5.75 Å². The van der Waals surface area contributed by atoms with E-state index in [-0.39, 0.29) is 0 Å². The molecule has 4 rings (SSSR count). The highest BCUT2D eigenvalue weighted by molar-refractivity contribution is 5.52. The minimum Gasteiger partial charge on any atom is -0.497 e. The van der Waals surface area contributed by atoms with E-state index in [0.29, 0.717) is 0 Å². The second-order valence-electron chi connectivity index (χ2n) is 9.28. The third kappa shape index (κ3) is 6.52. The molecule has 4 heteroatoms. The molecule has 3 aromatic carbocycles. The van der Waals surface area contributed by atoms with Crippen LogP contribution in [0.2, 0.25) is 0 Å². The third-order valence-electron chi connectivity index (χ3n) is 6.46. The molecule has 0 saturated carbocycles. The van der Waals surface area contributed by atoms with Gasteiger partial charge in [-0.15, -0.1) is 0 Å². The molecule has 0 unspecified atom stereocenters. The summed E-state index contributed by atoms with van der Waals surface area (Å²) in [6, 6.07) is 26.4. The lowest BCUT2D eigenvalue weighted by molar-refractivity contribution is 0.221. The van der Waals surface area contributed by atoms with Gasteiger partial charge in [-0.2, -0.15) is 0 Å². The van der Waals surface area contributed by atoms with Gasteiger partial charge in [0.25, 0.3) is 0 Å². The van der Waals surface area contributed by atoms with Crippen molar-refractivity contribution in [3.63, 3.8) is 0 Å². The van der Waals surface area contributed by atoms with E-state index in [2.05, 4.69) is 95.5 Å². The highest BCUT2D eigenvalue weighted by Gasteiger charge is 2.13. The summed E-state index contributed by atoms with van der Waals surface area (Å²) in [5.41, 5.74) is 6.43. The summed E-state index contributed by atoms with van der Waals surface area (Å²) in [5.74, 6) is 0.902. The monoisotopic (exact) mass is 443 g/mol. The normalized spacial score (nSPS) is 14.2. The Morgan fingerprint density at radius 1 is 0.727 bits per heavy atom. The Morgan fingerprint density at radius 2 is 1.39 bits per heavy atom. The first-order chi connectivity index (χ1) is 16.1. The lowest BCUT2D eigenvalue weighted by Crippen LogP contribution is -2.29. The molecule has 1 fully saturated rings. The molecule has 0 N–H and O–H groups in total. The highest BCUT2D eigenvalue weighted by atomic mass is 16.5. The number of rotatable bonds is 9. The topological polar surface area (TPSA) is 19.0 Å². The zero-order chi connectivity index (χ0) is 23.0. The van der Waals surface area contributed by atoms with Crippen molar-refractivity contribution in [2.24, 2.45) is 0 Å². The molecule has 1 aliphatic rings. The number of methoxy groups -OCH3 is 1. The lowest BCUT2D eigenvalue weighted by atomic mass is 10.1. The predicted molar refractivity (Wildman–Crippen MR) is 139 cm³/mol. The summed E-state index contributed by atoms with van der Waals surface area (Å²) in [5, 5.41) is 0. The molecule has 33 heavy (non-hydrogen) atoms. The van der Waals surface area contributed by atoms with Gasteiger partial charge < -0.3 is 14.5 Å². The summed E-state index contributed by atoms with van der Waals surface area (Å²) in [4.78, 5) is 7.19. The molecule has 0 amide bonds. The Kier molecular flexibility index (Phi) is 7.90. The molecule has 4 nitrogen and oxygen atoms in total. The summed E-state index contributed by atoms with van der Waals surface area (Å²) >= 11 is 0. The summed E-state index contributed by atoms with van der Waals surface area (Å²) in [7, 11) is 5.91. The number of hydrogen-bond acceptors (Lipinski definition) is 4. The van der Waals surface area contributed by atoms with Crippen LogP contribution >= 0.6 is 0 Å². The van der Waals surface area contributed by atoms with Crippen LogP contribution in [0.3, 0.4) is 0 Å². The molecule has 0 spiro atoms. The van der Waals surface area contributed by atoms with Crippen molar-refractivity contribution in [2.75, 3.05) is 44.1 Å². The van der Waals surface area contributed by atoms with Crippen molar-refractivity contribution in [3.05, 3.63) is 89.5 Å². The van der Waals surface area contributed by atoms with E-state index in [4.69, 9.17) is 4.74 Å². The SMILES string of the molecule is COc1cccc(CN(Cc2cccc(N(C)C)c2)c2ccc(CN3CCCCC3)cc2)c1. The number of nitrogens with zero attached hydrogens (tertiary/aromatic N) is 3. The van der Waals surface area contributed by atoms with E-state index in [0.717, 1.165) is 25.4 Å². The number of likely N-dealkylation sites (tertiary alicyclic amines) is 1. The Morgan fingerprint density at radius 3 is 2.06 bits per heavy atom. The maximum Gasteiger partial charge on any atom is 0.119 e. The molecule has 1 aliphatic heterocycles. The molecule has 1 heterocycles. The van der Waals surface area contributed by atoms with E-state index in [1.807, 2.05) is 6.07 Å². The minimum absolute atomic E-state index is 0.828. The molecular formula is C29H37N3O. The van der Waals surface area contributed by atoms with E-state index in [9.17, 15) is 0 Å². The van der Waals surface area contributed by atoms with Gasteiger partial charge in [-0.1, -0.05) is 42.8 Å². The van der Waals surface area contributed by atoms with Gasteiger partial charge in [0.1, 0.15) is 5.75 Å². The number of piperidine rings is 1. The van der Waals surface area contributed by atoms with Crippen LogP contribution in [0.1, 0.15) is 36.0 Å². The van der Waals surface area contributed by atoms with E-state index in [1.54, 1.807) is 7.11 Å². The Bertz CT molecular complexity index is 1010. The largest absolute Gasteiger partial charge is 0.497 e. The molecule has 0 aromatic heterocycles. The second kappa shape index (κ2) is 11.2. The average molecular weight is 444 g/mol. The van der Waals surface area contributed by atoms with Crippen molar-refractivity contribution >= 4 is 11.4 Å². The first-order valence-electron chi connectivity index (χ1n) is 12.1. The third-order valence-corrected chi connectivity index (χ3v) is 6.46. The summed E-state index contributed by atoms with van der Waals surface area (Å²) in [6.45, 7) is 5.19. The molecule has 0 atom stereocenters. The van der Waals surface area contributed by atoms with Gasteiger partial charge in [0.2, 0.25) is 0 Å². The number of anilines is 2. The maximum absolute atomic E-state index is 5.46. The quantitative estimate of drug-likeness (QED) is 0.406. The van der Waals surface area contributed by atoms with Crippen LogP contribution in [0.15, 0.2) is 72.8 Å². The standard InChI is InChI=1S/C29H37N3O/c1-30(2)28-11-7-9-25(19-28)22-32(23-26-10-8-12-29(20-26)33-3)27-15-13-24(14-16-27)21-31-17-5-4-6-18-31/h7-16,19-20H,4-6,17-18,21-23H2,1-3H3. The molecule has 174 valence electrons. The number of ether oxygens (including phenoxy) is 1. The molecular weight excluding hydrogens is 406 g/mol. The van der Waals surface area contributed by atoms with Gasteiger partial charge in [0, 0.05) is 45.1 Å². The highest BCUT2D eigenvalue weighted by Crippen LogP contribution is 2.25. The van der Waals surface area contributed by atoms with Crippen molar-refractivity contribution in [1.82, 2.24) is 4.90 Å². The fourth-order valence-electron chi connectivity index (χ4n) is 4.57. The van der Waals surface area contributed by atoms with E-state index < -0.39 is 0 Å². The van der Waals surface area contributed by atoms with E-state index in [1.165, 1.54) is 60.4 Å². The molecule has 1 saturated heterocycles. The second-order valence-corrected chi connectivity index (χ2v) is 9.28. The molecule has 0 radical (unpaired) electrons. The van der Waals surface area contributed by atoms with Crippen LogP contribution < -0.4 is 14.5 Å². The first kappa shape index (κ1) is 23.2. The fraction of sp³-hybridized carbons (Fsp3) is 0.379. The summed E-state index contributed by atoms with van der Waals surface area (Å²) < 4.78 is 5.46. The van der Waals surface area contributed by atoms with Crippen LogP contribution in [0.5, 0.6) is 5.75 Å².